The van der Waals surface area contributed by atoms with Crippen LogP contribution in [0.25, 0.3) is 6.08 Å². The molecule has 0 aromatic heterocycles. The summed E-state index contributed by atoms with van der Waals surface area (Å²) in [4.78, 5) is 2.52. The Morgan fingerprint density at radius 2 is 1.82 bits per heavy atom. The molecular weight excluding hydrogens is 273 g/mol. The third-order valence-corrected chi connectivity index (χ3v) is 4.19. The zero-order chi connectivity index (χ0) is 15.2. The molecule has 1 aliphatic rings. The highest BCUT2D eigenvalue weighted by Gasteiger charge is 2.12. The minimum Gasteiger partial charge on any atom is -0.299 e. The van der Waals surface area contributed by atoms with Gasteiger partial charge in [0, 0.05) is 13.1 Å². The maximum absolute atomic E-state index is 13.3. The molecule has 3 rings (SSSR count). The fourth-order valence-electron chi connectivity index (χ4n) is 3.04. The van der Waals surface area contributed by atoms with Gasteiger partial charge in [-0.15, -0.1) is 0 Å². The summed E-state index contributed by atoms with van der Waals surface area (Å²) in [6.45, 7) is 3.24. The van der Waals surface area contributed by atoms with Crippen molar-refractivity contribution in [3.8, 4) is 0 Å². The maximum atomic E-state index is 13.3. The molecule has 0 unspecified atom stereocenters. The Bertz CT molecular complexity index is 633. The van der Waals surface area contributed by atoms with Crippen molar-refractivity contribution in [2.75, 3.05) is 13.1 Å². The molecule has 0 N–H and O–H groups in total. The van der Waals surface area contributed by atoms with Crippen molar-refractivity contribution in [1.82, 2.24) is 4.90 Å². The molecule has 0 aliphatic carbocycles. The highest BCUT2D eigenvalue weighted by Crippen LogP contribution is 2.21. The molecule has 0 amide bonds. The second kappa shape index (κ2) is 7.37. The monoisotopic (exact) mass is 295 g/mol. The molecule has 2 aromatic rings. The predicted molar refractivity (Wildman–Crippen MR) is 89.9 cm³/mol. The van der Waals surface area contributed by atoms with Crippen LogP contribution >= 0.6 is 0 Å². The Morgan fingerprint density at radius 3 is 2.64 bits per heavy atom. The fraction of sp³-hybridized carbons (Fsp3) is 0.300. The van der Waals surface area contributed by atoms with Gasteiger partial charge in [-0.3, -0.25) is 4.90 Å². The van der Waals surface area contributed by atoms with Gasteiger partial charge in [-0.05, 0) is 49.1 Å². The van der Waals surface area contributed by atoms with E-state index in [1.54, 1.807) is 12.1 Å². The Kier molecular flexibility index (Phi) is 5.02. The summed E-state index contributed by atoms with van der Waals surface area (Å²) in [6.07, 6.45) is 5.52. The minimum atomic E-state index is -0.159. The van der Waals surface area contributed by atoms with E-state index in [1.807, 2.05) is 6.07 Å². The second-order valence-electron chi connectivity index (χ2n) is 5.97. The SMILES string of the molecule is Fc1cccc(C=C2CCCN(Cc3ccccc3)CC2)c1. The Labute approximate surface area is 132 Å². The van der Waals surface area contributed by atoms with Crippen LogP contribution in [0.3, 0.4) is 0 Å². The Hall–Kier alpha value is -1.93. The van der Waals surface area contributed by atoms with E-state index in [-0.39, 0.29) is 5.82 Å². The zero-order valence-electron chi connectivity index (χ0n) is 12.8. The smallest absolute Gasteiger partial charge is 0.123 e. The number of hydrogen-bond acceptors (Lipinski definition) is 1. The summed E-state index contributed by atoms with van der Waals surface area (Å²) in [7, 11) is 0. The van der Waals surface area contributed by atoms with Crippen molar-refractivity contribution in [2.45, 2.75) is 25.8 Å². The lowest BCUT2D eigenvalue weighted by Crippen LogP contribution is -2.23. The molecule has 1 heterocycles. The first-order valence-corrected chi connectivity index (χ1v) is 8.01. The summed E-state index contributed by atoms with van der Waals surface area (Å²) in [5, 5.41) is 0. The summed E-state index contributed by atoms with van der Waals surface area (Å²) < 4.78 is 13.3. The molecule has 2 heteroatoms. The molecule has 0 saturated carbocycles. The number of halogens is 1. The normalized spacial score (nSPS) is 18.3. The molecule has 1 fully saturated rings. The van der Waals surface area contributed by atoms with Crippen molar-refractivity contribution in [3.63, 3.8) is 0 Å². The van der Waals surface area contributed by atoms with Crippen molar-refractivity contribution in [2.24, 2.45) is 0 Å². The molecule has 0 spiro atoms. The first kappa shape index (κ1) is 15.0. The first-order valence-electron chi connectivity index (χ1n) is 8.01. The zero-order valence-corrected chi connectivity index (χ0v) is 12.8. The Balaban J connectivity index is 1.62. The lowest BCUT2D eigenvalue weighted by Gasteiger charge is -2.19. The fourth-order valence-corrected chi connectivity index (χ4v) is 3.04. The predicted octanol–water partition coefficient (Wildman–Crippen LogP) is 4.90. The van der Waals surface area contributed by atoms with Crippen molar-refractivity contribution in [3.05, 3.63) is 77.1 Å². The third-order valence-electron chi connectivity index (χ3n) is 4.19. The van der Waals surface area contributed by atoms with E-state index in [0.29, 0.717) is 0 Å². The third kappa shape index (κ3) is 4.28. The molecule has 114 valence electrons. The lowest BCUT2D eigenvalue weighted by molar-refractivity contribution is 0.278. The highest BCUT2D eigenvalue weighted by atomic mass is 19.1. The van der Waals surface area contributed by atoms with E-state index in [9.17, 15) is 4.39 Å². The van der Waals surface area contributed by atoms with Gasteiger partial charge in [-0.2, -0.15) is 0 Å². The van der Waals surface area contributed by atoms with Crippen LogP contribution in [0, 0.1) is 5.82 Å². The average molecular weight is 295 g/mol. The highest BCUT2D eigenvalue weighted by molar-refractivity contribution is 5.52. The number of benzene rings is 2. The van der Waals surface area contributed by atoms with Gasteiger partial charge in [0.1, 0.15) is 5.82 Å². The van der Waals surface area contributed by atoms with Gasteiger partial charge < -0.3 is 0 Å². The van der Waals surface area contributed by atoms with Crippen molar-refractivity contribution < 1.29 is 4.39 Å². The first-order chi connectivity index (χ1) is 10.8. The molecule has 1 nitrogen and oxygen atoms in total. The summed E-state index contributed by atoms with van der Waals surface area (Å²) in [5.74, 6) is -0.159. The number of hydrogen-bond donors (Lipinski definition) is 0. The molecule has 22 heavy (non-hydrogen) atoms. The minimum absolute atomic E-state index is 0.159. The number of rotatable bonds is 3. The van der Waals surface area contributed by atoms with Gasteiger partial charge in [0.2, 0.25) is 0 Å². The standard InChI is InChI=1S/C20H22FN/c21-20-10-4-8-19(15-20)14-17-9-5-12-22(13-11-17)16-18-6-2-1-3-7-18/h1-4,6-8,10,14-15H,5,9,11-13,16H2. The molecule has 2 aromatic carbocycles. The van der Waals surface area contributed by atoms with E-state index in [2.05, 4.69) is 41.3 Å². The van der Waals surface area contributed by atoms with Gasteiger partial charge in [-0.1, -0.05) is 54.1 Å². The maximum Gasteiger partial charge on any atom is 0.123 e. The second-order valence-corrected chi connectivity index (χ2v) is 5.97. The van der Waals surface area contributed by atoms with Crippen LogP contribution in [0.1, 0.15) is 30.4 Å². The van der Waals surface area contributed by atoms with Crippen LogP contribution in [0.2, 0.25) is 0 Å². The van der Waals surface area contributed by atoms with Gasteiger partial charge in [0.05, 0.1) is 0 Å². The summed E-state index contributed by atoms with van der Waals surface area (Å²) in [5.41, 5.74) is 3.78. The number of nitrogens with zero attached hydrogens (tertiary/aromatic N) is 1. The largest absolute Gasteiger partial charge is 0.299 e. The number of likely N-dealkylation sites (tertiary alicyclic amines) is 1. The molecule has 0 radical (unpaired) electrons. The summed E-state index contributed by atoms with van der Waals surface area (Å²) in [6, 6.07) is 17.5. The van der Waals surface area contributed by atoms with Crippen LogP contribution in [-0.2, 0) is 6.54 Å². The average Bonchev–Trinajstić information content (AvgIpc) is 2.74. The molecule has 0 bridgehead atoms. The molecule has 1 aliphatic heterocycles. The van der Waals surface area contributed by atoms with Crippen LogP contribution in [0.4, 0.5) is 4.39 Å². The van der Waals surface area contributed by atoms with Gasteiger partial charge in [-0.25, -0.2) is 4.39 Å². The van der Waals surface area contributed by atoms with Crippen molar-refractivity contribution >= 4 is 6.08 Å². The van der Waals surface area contributed by atoms with Gasteiger partial charge in [0.25, 0.3) is 0 Å². The van der Waals surface area contributed by atoms with E-state index in [0.717, 1.165) is 38.0 Å². The van der Waals surface area contributed by atoms with Gasteiger partial charge >= 0.3 is 0 Å². The van der Waals surface area contributed by atoms with Crippen LogP contribution in [0.15, 0.2) is 60.2 Å². The van der Waals surface area contributed by atoms with E-state index < -0.39 is 0 Å². The van der Waals surface area contributed by atoms with E-state index in [4.69, 9.17) is 0 Å². The quantitative estimate of drug-likeness (QED) is 0.779. The van der Waals surface area contributed by atoms with E-state index in [1.165, 1.54) is 23.6 Å². The van der Waals surface area contributed by atoms with Crippen molar-refractivity contribution in [1.29, 1.82) is 0 Å². The lowest BCUT2D eigenvalue weighted by atomic mass is 10.0. The molecule has 0 atom stereocenters. The summed E-state index contributed by atoms with van der Waals surface area (Å²) >= 11 is 0. The topological polar surface area (TPSA) is 3.24 Å². The van der Waals surface area contributed by atoms with Crippen LogP contribution < -0.4 is 0 Å². The van der Waals surface area contributed by atoms with Gasteiger partial charge in [0.15, 0.2) is 0 Å². The molecular formula is C20H22FN. The van der Waals surface area contributed by atoms with Crippen LogP contribution in [0.5, 0.6) is 0 Å². The Morgan fingerprint density at radius 1 is 0.955 bits per heavy atom. The van der Waals surface area contributed by atoms with Crippen LogP contribution in [-0.4, -0.2) is 18.0 Å². The molecule has 1 saturated heterocycles. The van der Waals surface area contributed by atoms with E-state index >= 15 is 0 Å².